The summed E-state index contributed by atoms with van der Waals surface area (Å²) in [6.45, 7) is 1.34. The first kappa shape index (κ1) is 13.9. The van der Waals surface area contributed by atoms with Crippen molar-refractivity contribution in [2.45, 2.75) is 6.10 Å². The van der Waals surface area contributed by atoms with Crippen LogP contribution in [0.5, 0.6) is 0 Å². The summed E-state index contributed by atoms with van der Waals surface area (Å²) in [6, 6.07) is 5.80. The number of aromatic nitrogens is 1. The molecule has 0 aliphatic carbocycles. The maximum Gasteiger partial charge on any atom is 0.356 e. The van der Waals surface area contributed by atoms with Gasteiger partial charge in [-0.05, 0) is 29.8 Å². The third-order valence-corrected chi connectivity index (χ3v) is 3.36. The van der Waals surface area contributed by atoms with E-state index in [2.05, 4.69) is 4.98 Å². The van der Waals surface area contributed by atoms with Crippen molar-refractivity contribution in [2.24, 2.45) is 0 Å². The van der Waals surface area contributed by atoms with Gasteiger partial charge in [0.25, 0.3) is 0 Å². The second-order valence-electron chi connectivity index (χ2n) is 4.68. The van der Waals surface area contributed by atoms with E-state index in [4.69, 9.17) is 14.2 Å². The molecule has 1 aliphatic rings. The molecule has 2 aromatic rings. The van der Waals surface area contributed by atoms with Gasteiger partial charge in [0.05, 0.1) is 32.4 Å². The Kier molecular flexibility index (Phi) is 3.81. The van der Waals surface area contributed by atoms with Crippen LogP contribution in [0.1, 0.15) is 22.2 Å². The summed E-state index contributed by atoms with van der Waals surface area (Å²) in [5.41, 5.74) is 1.36. The van der Waals surface area contributed by atoms with Gasteiger partial charge in [-0.25, -0.2) is 14.2 Å². The highest BCUT2D eigenvalue weighted by Crippen LogP contribution is 2.29. The van der Waals surface area contributed by atoms with Gasteiger partial charge in [-0.15, -0.1) is 0 Å². The molecule has 110 valence electrons. The Balaban J connectivity index is 2.17. The van der Waals surface area contributed by atoms with Gasteiger partial charge in [0.1, 0.15) is 17.6 Å². The molecular weight excluding hydrogens is 277 g/mol. The van der Waals surface area contributed by atoms with Crippen molar-refractivity contribution in [3.8, 4) is 0 Å². The van der Waals surface area contributed by atoms with Crippen molar-refractivity contribution in [3.05, 3.63) is 41.3 Å². The van der Waals surface area contributed by atoms with Crippen LogP contribution in [0.2, 0.25) is 0 Å². The van der Waals surface area contributed by atoms with Gasteiger partial charge in [-0.1, -0.05) is 0 Å². The number of ether oxygens (including phenoxy) is 3. The monoisotopic (exact) mass is 291 g/mol. The first-order valence-electron chi connectivity index (χ1n) is 6.57. The number of carbonyl (C=O) groups excluding carboxylic acids is 1. The number of hydrogen-bond donors (Lipinski definition) is 0. The minimum Gasteiger partial charge on any atom is -0.464 e. The van der Waals surface area contributed by atoms with Crippen LogP contribution >= 0.6 is 0 Å². The molecule has 6 heteroatoms. The quantitative estimate of drug-likeness (QED) is 0.794. The number of carbonyl (C=O) groups is 1. The third kappa shape index (κ3) is 2.72. The number of pyridine rings is 1. The molecule has 0 bridgehead atoms. The summed E-state index contributed by atoms with van der Waals surface area (Å²) in [4.78, 5) is 15.9. The Morgan fingerprint density at radius 1 is 1.38 bits per heavy atom. The van der Waals surface area contributed by atoms with Gasteiger partial charge < -0.3 is 14.2 Å². The number of nitrogens with zero attached hydrogens (tertiary/aromatic N) is 1. The van der Waals surface area contributed by atoms with Crippen LogP contribution in [0.15, 0.2) is 24.3 Å². The lowest BCUT2D eigenvalue weighted by Crippen LogP contribution is -2.22. The maximum absolute atomic E-state index is 13.5. The summed E-state index contributed by atoms with van der Waals surface area (Å²) in [5.74, 6) is -0.910. The summed E-state index contributed by atoms with van der Waals surface area (Å²) in [7, 11) is 1.29. The van der Waals surface area contributed by atoms with Crippen molar-refractivity contribution in [2.75, 3.05) is 26.9 Å². The zero-order valence-electron chi connectivity index (χ0n) is 11.5. The fraction of sp³-hybridized carbons (Fsp3) is 0.333. The molecule has 0 N–H and O–H groups in total. The van der Waals surface area contributed by atoms with Gasteiger partial charge in [0.2, 0.25) is 0 Å². The number of benzene rings is 1. The van der Waals surface area contributed by atoms with E-state index in [-0.39, 0.29) is 17.6 Å². The van der Waals surface area contributed by atoms with Crippen LogP contribution in [0.4, 0.5) is 4.39 Å². The molecule has 0 spiro atoms. The Morgan fingerprint density at radius 2 is 2.24 bits per heavy atom. The lowest BCUT2D eigenvalue weighted by atomic mass is 10.0. The molecule has 1 saturated heterocycles. The average Bonchev–Trinajstić information content (AvgIpc) is 2.54. The molecule has 2 heterocycles. The highest BCUT2D eigenvalue weighted by Gasteiger charge is 2.22. The molecule has 0 saturated carbocycles. The Morgan fingerprint density at radius 3 is 2.95 bits per heavy atom. The SMILES string of the molecule is COC(=O)c1cc(C2COCCO2)c2cc(F)ccc2n1. The topological polar surface area (TPSA) is 57.7 Å². The summed E-state index contributed by atoms with van der Waals surface area (Å²) in [6.07, 6.45) is -0.352. The van der Waals surface area contributed by atoms with Crippen molar-refractivity contribution < 1.29 is 23.4 Å². The number of fused-ring (bicyclic) bond motifs is 1. The van der Waals surface area contributed by atoms with Crippen molar-refractivity contribution in [1.82, 2.24) is 4.98 Å². The van der Waals surface area contributed by atoms with Crippen LogP contribution in [0, 0.1) is 5.82 Å². The summed E-state index contributed by atoms with van der Waals surface area (Å²) < 4.78 is 29.3. The molecule has 1 unspecified atom stereocenters. The van der Waals surface area contributed by atoms with Gasteiger partial charge in [0.15, 0.2) is 0 Å². The number of rotatable bonds is 2. The molecule has 0 radical (unpaired) electrons. The maximum atomic E-state index is 13.5. The smallest absolute Gasteiger partial charge is 0.356 e. The summed E-state index contributed by atoms with van der Waals surface area (Å²) in [5, 5.41) is 0.609. The van der Waals surface area contributed by atoms with Crippen LogP contribution in [-0.4, -0.2) is 37.9 Å². The second kappa shape index (κ2) is 5.75. The molecule has 1 aromatic carbocycles. The van der Waals surface area contributed by atoms with E-state index in [1.807, 2.05) is 0 Å². The average molecular weight is 291 g/mol. The Bertz CT molecular complexity index is 683. The fourth-order valence-corrected chi connectivity index (χ4v) is 2.37. The van der Waals surface area contributed by atoms with Crippen LogP contribution in [0.25, 0.3) is 10.9 Å². The van der Waals surface area contributed by atoms with Crippen LogP contribution in [-0.2, 0) is 14.2 Å². The van der Waals surface area contributed by atoms with Gasteiger partial charge in [0, 0.05) is 5.39 Å². The third-order valence-electron chi connectivity index (χ3n) is 3.36. The minimum absolute atomic E-state index is 0.167. The zero-order chi connectivity index (χ0) is 14.8. The van der Waals surface area contributed by atoms with Crippen molar-refractivity contribution in [1.29, 1.82) is 0 Å². The highest BCUT2D eigenvalue weighted by molar-refractivity contribution is 5.92. The molecule has 1 aromatic heterocycles. The van der Waals surface area contributed by atoms with E-state index < -0.39 is 5.97 Å². The lowest BCUT2D eigenvalue weighted by Gasteiger charge is -2.24. The molecule has 1 fully saturated rings. The molecule has 1 aliphatic heterocycles. The molecule has 5 nitrogen and oxygen atoms in total. The number of hydrogen-bond acceptors (Lipinski definition) is 5. The minimum atomic E-state index is -0.542. The van der Waals surface area contributed by atoms with E-state index in [0.717, 1.165) is 0 Å². The number of esters is 1. The van der Waals surface area contributed by atoms with Crippen LogP contribution in [0.3, 0.4) is 0 Å². The Hall–Kier alpha value is -2.05. The molecule has 3 rings (SSSR count). The number of halogens is 1. The standard InChI is InChI=1S/C15H14FNO4/c1-19-15(18)13-7-11(14-8-20-4-5-21-14)10-6-9(16)2-3-12(10)17-13/h2-3,6-7,14H,4-5,8H2,1H3. The first-order valence-corrected chi connectivity index (χ1v) is 6.57. The Labute approximate surface area is 120 Å². The van der Waals surface area contributed by atoms with Gasteiger partial charge in [-0.3, -0.25) is 0 Å². The molecule has 1 atom stereocenters. The van der Waals surface area contributed by atoms with Gasteiger partial charge in [-0.2, -0.15) is 0 Å². The molecule has 0 amide bonds. The first-order chi connectivity index (χ1) is 10.2. The largest absolute Gasteiger partial charge is 0.464 e. The van der Waals surface area contributed by atoms with E-state index in [1.165, 1.54) is 25.3 Å². The van der Waals surface area contributed by atoms with E-state index in [9.17, 15) is 9.18 Å². The fourth-order valence-electron chi connectivity index (χ4n) is 2.37. The van der Waals surface area contributed by atoms with E-state index in [1.54, 1.807) is 6.07 Å². The van der Waals surface area contributed by atoms with Gasteiger partial charge >= 0.3 is 5.97 Å². The van der Waals surface area contributed by atoms with E-state index in [0.29, 0.717) is 36.3 Å². The summed E-state index contributed by atoms with van der Waals surface area (Å²) >= 11 is 0. The number of methoxy groups -OCH3 is 1. The lowest BCUT2D eigenvalue weighted by molar-refractivity contribution is -0.0896. The predicted octanol–water partition coefficient (Wildman–Crippen LogP) is 2.25. The zero-order valence-corrected chi connectivity index (χ0v) is 11.5. The predicted molar refractivity (Wildman–Crippen MR) is 72.6 cm³/mol. The normalized spacial score (nSPS) is 18.7. The second-order valence-corrected chi connectivity index (χ2v) is 4.68. The molecule has 21 heavy (non-hydrogen) atoms. The molecular formula is C15H14FNO4. The van der Waals surface area contributed by atoms with E-state index >= 15 is 0 Å². The van der Waals surface area contributed by atoms with Crippen LogP contribution < -0.4 is 0 Å². The van der Waals surface area contributed by atoms with Crippen molar-refractivity contribution in [3.63, 3.8) is 0 Å². The van der Waals surface area contributed by atoms with Crippen molar-refractivity contribution >= 4 is 16.9 Å². The highest BCUT2D eigenvalue weighted by atomic mass is 19.1.